The smallest absolute Gasteiger partial charge is 0.264 e. The van der Waals surface area contributed by atoms with Crippen molar-refractivity contribution in [1.29, 1.82) is 0 Å². The Morgan fingerprint density at radius 3 is 2.56 bits per heavy atom. The molecule has 5 aliphatic rings. The van der Waals surface area contributed by atoms with Crippen molar-refractivity contribution in [2.75, 3.05) is 51.3 Å². The third kappa shape index (κ3) is 4.91. The van der Waals surface area contributed by atoms with E-state index >= 15 is 0 Å². The van der Waals surface area contributed by atoms with E-state index in [0.29, 0.717) is 11.5 Å². The molecule has 0 radical (unpaired) electrons. The third-order valence-corrected chi connectivity index (χ3v) is 9.48. The van der Waals surface area contributed by atoms with Crippen LogP contribution in [-0.4, -0.2) is 67.4 Å². The van der Waals surface area contributed by atoms with Gasteiger partial charge in [0.1, 0.15) is 6.29 Å². The summed E-state index contributed by atoms with van der Waals surface area (Å²) in [6, 6.07) is 4.32. The lowest BCUT2D eigenvalue weighted by molar-refractivity contribution is -0.106. The van der Waals surface area contributed by atoms with E-state index in [1.165, 1.54) is 23.7 Å². The van der Waals surface area contributed by atoms with Gasteiger partial charge in [0.15, 0.2) is 5.82 Å². The first-order chi connectivity index (χ1) is 18.9. The van der Waals surface area contributed by atoms with Crippen molar-refractivity contribution in [2.45, 2.75) is 76.8 Å². The lowest BCUT2D eigenvalue weighted by Crippen LogP contribution is -2.59. The Morgan fingerprint density at radius 1 is 1.15 bits per heavy atom. The van der Waals surface area contributed by atoms with E-state index in [4.69, 9.17) is 14.6 Å². The fourth-order valence-corrected chi connectivity index (χ4v) is 7.42. The first-order valence-electron chi connectivity index (χ1n) is 14.6. The molecule has 1 saturated carbocycles. The number of likely N-dealkylation sites (N-methyl/N-ethyl adjacent to an activating group) is 1. The van der Waals surface area contributed by atoms with Crippen LogP contribution in [0.4, 0.5) is 20.3 Å². The van der Waals surface area contributed by atoms with Crippen LogP contribution in [0.25, 0.3) is 0 Å². The van der Waals surface area contributed by atoms with Crippen LogP contribution in [0, 0.1) is 5.41 Å². The van der Waals surface area contributed by atoms with Crippen LogP contribution in [0.15, 0.2) is 12.1 Å². The summed E-state index contributed by atoms with van der Waals surface area (Å²) in [6.45, 7) is 7.80. The maximum absolute atomic E-state index is 14.4. The number of carbonyl (C=O) groups is 1. The summed E-state index contributed by atoms with van der Waals surface area (Å²) >= 11 is 0. The average Bonchev–Trinajstić information content (AvgIpc) is 3.25. The number of hydrogen-bond acceptors (Lipinski definition) is 6. The van der Waals surface area contributed by atoms with E-state index < -0.39 is 6.43 Å². The van der Waals surface area contributed by atoms with Gasteiger partial charge in [-0.2, -0.15) is 5.10 Å². The highest BCUT2D eigenvalue weighted by Crippen LogP contribution is 2.55. The second-order valence-corrected chi connectivity index (χ2v) is 12.1. The summed E-state index contributed by atoms with van der Waals surface area (Å²) in [6.07, 6.45) is 5.29. The number of alkyl halides is 2. The number of ether oxygens (including phenoxy) is 1. The molecule has 212 valence electrons. The molecule has 2 saturated heterocycles. The van der Waals surface area contributed by atoms with Crippen molar-refractivity contribution in [2.24, 2.45) is 5.41 Å². The predicted molar refractivity (Wildman–Crippen MR) is 147 cm³/mol. The van der Waals surface area contributed by atoms with Crippen molar-refractivity contribution in [3.63, 3.8) is 0 Å². The quantitative estimate of drug-likeness (QED) is 0.555. The number of rotatable bonds is 4. The van der Waals surface area contributed by atoms with E-state index in [1.54, 1.807) is 0 Å². The number of anilines is 2. The molecule has 1 aromatic heterocycles. The Bertz CT molecular complexity index is 1200. The topological polar surface area (TPSA) is 62.6 Å². The Hall–Kier alpha value is -2.36. The molecule has 9 heteroatoms. The van der Waals surface area contributed by atoms with Crippen molar-refractivity contribution >= 4 is 17.8 Å². The van der Waals surface area contributed by atoms with Gasteiger partial charge in [0.25, 0.3) is 6.43 Å². The zero-order chi connectivity index (χ0) is 27.1. The van der Waals surface area contributed by atoms with Gasteiger partial charge in [-0.05, 0) is 81.0 Å². The highest BCUT2D eigenvalue weighted by atomic mass is 19.3. The van der Waals surface area contributed by atoms with Gasteiger partial charge in [-0.25, -0.2) is 8.78 Å². The molecule has 1 aromatic carbocycles. The number of halogens is 2. The van der Waals surface area contributed by atoms with Crippen molar-refractivity contribution in [3.05, 3.63) is 40.1 Å². The molecule has 4 aliphatic heterocycles. The first-order valence-corrected chi connectivity index (χ1v) is 14.6. The zero-order valence-corrected chi connectivity index (χ0v) is 23.2. The summed E-state index contributed by atoms with van der Waals surface area (Å²) in [5.41, 5.74) is 6.29. The maximum atomic E-state index is 14.4. The number of nitrogens with one attached hydrogen (secondary N) is 1. The standard InChI is InChI=1S/C28H37F2N5O.C2H4O/c1-33-8-4-24-23(15-33)27(32-35(24)20-5-9-36-10-6-20)34-7-2-3-18-11-21(22(26(29)30)12-25(18)34)19-13-28(14-19)16-31-17-28;1-2-3/h11-12,19-20,26,31H,2-10,13-17H2,1H3;2H,1H3. The second-order valence-electron chi connectivity index (χ2n) is 12.1. The van der Waals surface area contributed by atoms with Gasteiger partial charge in [0.2, 0.25) is 0 Å². The van der Waals surface area contributed by atoms with E-state index in [-0.39, 0.29) is 11.5 Å². The fraction of sp³-hybridized carbons (Fsp3) is 0.667. The maximum Gasteiger partial charge on any atom is 0.264 e. The number of benzene rings is 1. The number of nitrogens with zero attached hydrogens (tertiary/aromatic N) is 4. The van der Waals surface area contributed by atoms with Crippen LogP contribution in [0.1, 0.15) is 85.4 Å². The van der Waals surface area contributed by atoms with Crippen LogP contribution >= 0.6 is 0 Å². The minimum Gasteiger partial charge on any atom is -0.381 e. The molecule has 2 aromatic rings. The summed E-state index contributed by atoms with van der Waals surface area (Å²) < 4.78 is 36.8. The minimum absolute atomic E-state index is 0.239. The predicted octanol–water partition coefficient (Wildman–Crippen LogP) is 4.92. The number of carbonyl (C=O) groups excluding carboxylic acids is 1. The van der Waals surface area contributed by atoms with Crippen molar-refractivity contribution in [3.8, 4) is 0 Å². The SMILES string of the molecule is CC=O.CN1CCc2c(c(N3CCCc4cc(C5CC6(CNC6)C5)c(C(F)F)cc43)nn2C2CCOCC2)C1. The number of hydrogen-bond donors (Lipinski definition) is 1. The van der Waals surface area contributed by atoms with Crippen LogP contribution in [0.3, 0.4) is 0 Å². The monoisotopic (exact) mass is 541 g/mol. The molecule has 0 unspecified atom stereocenters. The van der Waals surface area contributed by atoms with Crippen molar-refractivity contribution < 1.29 is 18.3 Å². The average molecular weight is 542 g/mol. The van der Waals surface area contributed by atoms with Crippen molar-refractivity contribution in [1.82, 2.24) is 20.0 Å². The summed E-state index contributed by atoms with van der Waals surface area (Å²) in [4.78, 5) is 13.4. The molecule has 3 fully saturated rings. The van der Waals surface area contributed by atoms with E-state index in [9.17, 15) is 8.78 Å². The third-order valence-electron chi connectivity index (χ3n) is 9.48. The molecular formula is C30H41F2N5O2. The number of aldehydes is 1. The number of fused-ring (bicyclic) bond motifs is 2. The summed E-state index contributed by atoms with van der Waals surface area (Å²) in [5.74, 6) is 1.26. The summed E-state index contributed by atoms with van der Waals surface area (Å²) in [5, 5.41) is 8.60. The Labute approximate surface area is 229 Å². The molecular weight excluding hydrogens is 500 g/mol. The largest absolute Gasteiger partial charge is 0.381 e. The molecule has 1 spiro atoms. The molecule has 1 N–H and O–H groups in total. The van der Waals surface area contributed by atoms with Crippen LogP contribution < -0.4 is 10.2 Å². The Balaban J connectivity index is 0.000000883. The van der Waals surface area contributed by atoms with Gasteiger partial charge >= 0.3 is 0 Å². The number of aromatic nitrogens is 2. The van der Waals surface area contributed by atoms with Crippen LogP contribution in [-0.2, 0) is 28.9 Å². The zero-order valence-electron chi connectivity index (χ0n) is 23.2. The van der Waals surface area contributed by atoms with Crippen LogP contribution in [0.5, 0.6) is 0 Å². The first kappa shape index (κ1) is 26.8. The lowest BCUT2D eigenvalue weighted by Gasteiger charge is -2.55. The second kappa shape index (κ2) is 10.9. The van der Waals surface area contributed by atoms with Gasteiger partial charge in [-0.1, -0.05) is 6.07 Å². The Morgan fingerprint density at radius 2 is 1.90 bits per heavy atom. The molecule has 0 bridgehead atoms. The molecule has 1 aliphatic carbocycles. The number of aryl methyl sites for hydroxylation is 1. The Kier molecular flexibility index (Phi) is 7.50. The highest BCUT2D eigenvalue weighted by molar-refractivity contribution is 5.70. The molecule has 5 heterocycles. The van der Waals surface area contributed by atoms with Gasteiger partial charge in [-0.15, -0.1) is 0 Å². The fourth-order valence-electron chi connectivity index (χ4n) is 7.42. The normalized spacial score (nSPS) is 22.9. The van der Waals surface area contributed by atoms with Gasteiger partial charge in [0.05, 0.1) is 6.04 Å². The van der Waals surface area contributed by atoms with Gasteiger partial charge in [0, 0.05) is 74.9 Å². The van der Waals surface area contributed by atoms with E-state index in [1.807, 2.05) is 6.07 Å². The van der Waals surface area contributed by atoms with Gasteiger partial charge < -0.3 is 24.6 Å². The molecule has 7 rings (SSSR count). The molecule has 0 amide bonds. The summed E-state index contributed by atoms with van der Waals surface area (Å²) in [7, 11) is 2.16. The van der Waals surface area contributed by atoms with E-state index in [2.05, 4.69) is 32.9 Å². The highest BCUT2D eigenvalue weighted by Gasteiger charge is 2.49. The van der Waals surface area contributed by atoms with Crippen LogP contribution in [0.2, 0.25) is 0 Å². The molecule has 0 atom stereocenters. The molecule has 39 heavy (non-hydrogen) atoms. The lowest BCUT2D eigenvalue weighted by atomic mass is 9.56. The molecule has 7 nitrogen and oxygen atoms in total. The van der Waals surface area contributed by atoms with Gasteiger partial charge in [-0.3, -0.25) is 4.68 Å². The van der Waals surface area contributed by atoms with E-state index in [0.717, 1.165) is 114 Å². The minimum atomic E-state index is -2.45.